The lowest BCUT2D eigenvalue weighted by molar-refractivity contribution is -0.116. The van der Waals surface area contributed by atoms with Gasteiger partial charge in [-0.25, -0.2) is 0 Å². The zero-order valence-electron chi connectivity index (χ0n) is 13.2. The monoisotopic (exact) mass is 330 g/mol. The molecule has 6 heteroatoms. The molecule has 0 bridgehead atoms. The predicted octanol–water partition coefficient (Wildman–Crippen LogP) is 3.41. The summed E-state index contributed by atoms with van der Waals surface area (Å²) in [5.41, 5.74) is 1.02. The van der Waals surface area contributed by atoms with Crippen molar-refractivity contribution in [3.05, 3.63) is 30.3 Å². The fourth-order valence-corrected chi connectivity index (χ4v) is 3.56. The number of anilines is 1. The van der Waals surface area contributed by atoms with Gasteiger partial charge in [-0.3, -0.25) is 4.79 Å². The van der Waals surface area contributed by atoms with E-state index in [1.165, 1.54) is 43.7 Å². The van der Waals surface area contributed by atoms with E-state index in [-0.39, 0.29) is 5.91 Å². The number of piperidine rings is 1. The first-order valence-electron chi connectivity index (χ1n) is 8.22. The van der Waals surface area contributed by atoms with Crippen LogP contribution in [0.15, 0.2) is 30.3 Å². The summed E-state index contributed by atoms with van der Waals surface area (Å²) in [5, 5.41) is 12.5. The van der Waals surface area contributed by atoms with Crippen LogP contribution in [0, 0.1) is 0 Å². The molecule has 1 aromatic carbocycles. The maximum absolute atomic E-state index is 12.0. The second-order valence-electron chi connectivity index (χ2n) is 5.83. The van der Waals surface area contributed by atoms with Crippen molar-refractivity contribution in [1.29, 1.82) is 0 Å². The smallest absolute Gasteiger partial charge is 0.226 e. The minimum Gasteiger partial charge on any atom is -0.303 e. The van der Waals surface area contributed by atoms with E-state index in [1.54, 1.807) is 0 Å². The van der Waals surface area contributed by atoms with Crippen molar-refractivity contribution in [3.63, 3.8) is 0 Å². The molecule has 1 aromatic heterocycles. The van der Waals surface area contributed by atoms with Crippen LogP contribution < -0.4 is 5.32 Å². The Kier molecular flexibility index (Phi) is 5.71. The first-order chi connectivity index (χ1) is 11.3. The number of nitrogens with zero attached hydrogens (tertiary/aromatic N) is 3. The molecule has 1 fully saturated rings. The van der Waals surface area contributed by atoms with E-state index in [4.69, 9.17) is 0 Å². The van der Waals surface area contributed by atoms with Gasteiger partial charge in [0.1, 0.15) is 5.01 Å². The topological polar surface area (TPSA) is 58.1 Å². The number of rotatable bonds is 6. The highest BCUT2D eigenvalue weighted by molar-refractivity contribution is 7.18. The lowest BCUT2D eigenvalue weighted by Crippen LogP contribution is -2.31. The molecule has 0 aliphatic carbocycles. The van der Waals surface area contributed by atoms with Crippen molar-refractivity contribution in [1.82, 2.24) is 15.1 Å². The number of amides is 1. The SMILES string of the molecule is O=C(CCCN1CCCCC1)Nc1nnc(-c2ccccc2)s1. The molecule has 122 valence electrons. The predicted molar refractivity (Wildman–Crippen MR) is 93.5 cm³/mol. The molecule has 2 aromatic rings. The van der Waals surface area contributed by atoms with Crippen LogP contribution in [0.3, 0.4) is 0 Å². The summed E-state index contributed by atoms with van der Waals surface area (Å²) in [6, 6.07) is 9.89. The molecule has 23 heavy (non-hydrogen) atoms. The molecule has 0 unspecified atom stereocenters. The second-order valence-corrected chi connectivity index (χ2v) is 6.81. The Labute approximate surface area is 140 Å². The molecule has 2 heterocycles. The molecular weight excluding hydrogens is 308 g/mol. The van der Waals surface area contributed by atoms with Gasteiger partial charge in [-0.15, -0.1) is 10.2 Å². The van der Waals surface area contributed by atoms with Gasteiger partial charge < -0.3 is 10.2 Å². The Bertz CT molecular complexity index is 623. The van der Waals surface area contributed by atoms with E-state index in [2.05, 4.69) is 20.4 Å². The molecule has 0 saturated carbocycles. The molecule has 0 spiro atoms. The number of aromatic nitrogens is 2. The number of carbonyl (C=O) groups is 1. The largest absolute Gasteiger partial charge is 0.303 e. The van der Waals surface area contributed by atoms with E-state index < -0.39 is 0 Å². The van der Waals surface area contributed by atoms with Gasteiger partial charge in [-0.05, 0) is 38.9 Å². The molecule has 1 amide bonds. The Morgan fingerprint density at radius 3 is 2.70 bits per heavy atom. The van der Waals surface area contributed by atoms with Gasteiger partial charge in [-0.2, -0.15) is 0 Å². The molecule has 0 radical (unpaired) electrons. The zero-order valence-corrected chi connectivity index (χ0v) is 14.0. The van der Waals surface area contributed by atoms with Gasteiger partial charge in [0.25, 0.3) is 0 Å². The summed E-state index contributed by atoms with van der Waals surface area (Å²) < 4.78 is 0. The second kappa shape index (κ2) is 8.17. The number of hydrogen-bond donors (Lipinski definition) is 1. The molecule has 1 N–H and O–H groups in total. The van der Waals surface area contributed by atoms with E-state index in [0.717, 1.165) is 23.5 Å². The Balaban J connectivity index is 1.44. The third-order valence-electron chi connectivity index (χ3n) is 4.02. The first-order valence-corrected chi connectivity index (χ1v) is 9.04. The van der Waals surface area contributed by atoms with Crippen LogP contribution in [-0.2, 0) is 4.79 Å². The minimum atomic E-state index is 0.0257. The van der Waals surface area contributed by atoms with Crippen molar-refractivity contribution in [2.45, 2.75) is 32.1 Å². The maximum Gasteiger partial charge on any atom is 0.226 e. The Hall–Kier alpha value is -1.79. The molecule has 1 saturated heterocycles. The summed E-state index contributed by atoms with van der Waals surface area (Å²) in [6.07, 6.45) is 5.36. The third-order valence-corrected chi connectivity index (χ3v) is 4.91. The molecule has 0 atom stereocenters. The van der Waals surface area contributed by atoms with E-state index in [0.29, 0.717) is 11.6 Å². The molecule has 1 aliphatic rings. The minimum absolute atomic E-state index is 0.0257. The van der Waals surface area contributed by atoms with Crippen LogP contribution in [0.1, 0.15) is 32.1 Å². The maximum atomic E-state index is 12.0. The fourth-order valence-electron chi connectivity index (χ4n) is 2.80. The van der Waals surface area contributed by atoms with E-state index >= 15 is 0 Å². The van der Waals surface area contributed by atoms with Crippen molar-refractivity contribution >= 4 is 22.4 Å². The molecule has 3 rings (SSSR count). The van der Waals surface area contributed by atoms with Gasteiger partial charge in [0.05, 0.1) is 0 Å². The molecule has 5 nitrogen and oxygen atoms in total. The van der Waals surface area contributed by atoms with Crippen LogP contribution in [0.5, 0.6) is 0 Å². The standard InChI is InChI=1S/C17H22N4OS/c22-15(10-7-13-21-11-5-2-6-12-21)18-17-20-19-16(23-17)14-8-3-1-4-9-14/h1,3-4,8-9H,2,5-7,10-13H2,(H,18,20,22). The van der Waals surface area contributed by atoms with E-state index in [9.17, 15) is 4.79 Å². The lowest BCUT2D eigenvalue weighted by Gasteiger charge is -2.26. The van der Waals surface area contributed by atoms with Crippen LogP contribution in [0.2, 0.25) is 0 Å². The highest BCUT2D eigenvalue weighted by Gasteiger charge is 2.12. The molecule has 1 aliphatic heterocycles. The van der Waals surface area contributed by atoms with Crippen molar-refractivity contribution in [2.75, 3.05) is 25.0 Å². The summed E-state index contributed by atoms with van der Waals surface area (Å²) in [6.45, 7) is 3.37. The average molecular weight is 330 g/mol. The summed E-state index contributed by atoms with van der Waals surface area (Å²) >= 11 is 1.41. The van der Waals surface area contributed by atoms with Crippen LogP contribution in [0.25, 0.3) is 10.6 Å². The van der Waals surface area contributed by atoms with Gasteiger partial charge in [-0.1, -0.05) is 48.1 Å². The Morgan fingerprint density at radius 2 is 1.91 bits per heavy atom. The number of hydrogen-bond acceptors (Lipinski definition) is 5. The van der Waals surface area contributed by atoms with Gasteiger partial charge in [0.15, 0.2) is 0 Å². The zero-order chi connectivity index (χ0) is 15.9. The van der Waals surface area contributed by atoms with Crippen molar-refractivity contribution < 1.29 is 4.79 Å². The first kappa shape index (κ1) is 16.1. The fraction of sp³-hybridized carbons (Fsp3) is 0.471. The summed E-state index contributed by atoms with van der Waals surface area (Å²) in [4.78, 5) is 14.5. The lowest BCUT2D eigenvalue weighted by atomic mass is 10.1. The quantitative estimate of drug-likeness (QED) is 0.882. The van der Waals surface area contributed by atoms with Crippen LogP contribution in [0.4, 0.5) is 5.13 Å². The van der Waals surface area contributed by atoms with Crippen LogP contribution in [-0.4, -0.2) is 40.6 Å². The van der Waals surface area contributed by atoms with E-state index in [1.807, 2.05) is 30.3 Å². The van der Waals surface area contributed by atoms with Gasteiger partial charge in [0.2, 0.25) is 11.0 Å². The summed E-state index contributed by atoms with van der Waals surface area (Å²) in [7, 11) is 0. The molecular formula is C17H22N4OS. The number of likely N-dealkylation sites (tertiary alicyclic amines) is 1. The number of benzene rings is 1. The highest BCUT2D eigenvalue weighted by atomic mass is 32.1. The Morgan fingerprint density at radius 1 is 1.13 bits per heavy atom. The van der Waals surface area contributed by atoms with Crippen molar-refractivity contribution in [2.24, 2.45) is 0 Å². The van der Waals surface area contributed by atoms with Gasteiger partial charge >= 0.3 is 0 Å². The number of carbonyl (C=O) groups excluding carboxylic acids is 1. The summed E-state index contributed by atoms with van der Waals surface area (Å²) in [5.74, 6) is 0.0257. The average Bonchev–Trinajstić information content (AvgIpc) is 3.05. The number of nitrogens with one attached hydrogen (secondary N) is 1. The van der Waals surface area contributed by atoms with Gasteiger partial charge in [0, 0.05) is 12.0 Å². The highest BCUT2D eigenvalue weighted by Crippen LogP contribution is 2.25. The third kappa shape index (κ3) is 4.84. The normalized spacial score (nSPS) is 15.5. The van der Waals surface area contributed by atoms with Crippen molar-refractivity contribution in [3.8, 4) is 10.6 Å². The van der Waals surface area contributed by atoms with Crippen LogP contribution >= 0.6 is 11.3 Å².